The molecule has 0 radical (unpaired) electrons. The number of hydrogen-bond acceptors (Lipinski definition) is 6. The van der Waals surface area contributed by atoms with E-state index in [0.29, 0.717) is 31.4 Å². The Labute approximate surface area is 260 Å². The Balaban J connectivity index is 2.39. The molecule has 1 saturated heterocycles. The number of benzene rings is 1. The Morgan fingerprint density at radius 2 is 1.68 bits per heavy atom. The van der Waals surface area contributed by atoms with Gasteiger partial charge in [0.2, 0.25) is 23.6 Å². The Bertz CT molecular complexity index is 1150. The first-order chi connectivity index (χ1) is 20.9. The van der Waals surface area contributed by atoms with Crippen LogP contribution in [0.3, 0.4) is 0 Å². The van der Waals surface area contributed by atoms with Crippen molar-refractivity contribution in [3.63, 3.8) is 0 Å². The minimum atomic E-state index is -1.16. The maximum absolute atomic E-state index is 13.8. The molecule has 12 heteroatoms. The van der Waals surface area contributed by atoms with Gasteiger partial charge in [-0.3, -0.25) is 29.0 Å². The molecule has 1 aliphatic heterocycles. The van der Waals surface area contributed by atoms with Crippen molar-refractivity contribution in [3.8, 4) is 0 Å². The standard InChI is InChI=1S/C32H51N7O5/c1-5-24-29(43)38-26(22-14-9-8-10-15-22)30(44)35-18-12-7-6-11-17-32(4,39-27(41)21(2)3)25(40)20-23(28(42)37-24)16-13-19-36-31(33)34/h8-10,14-15,21,23-24,26H,5-7,11-13,16-20H2,1-4H3,(H,35,44)(H,37,42)(H,38,43)(H,39,41)(H4,33,34,36)/t23-,24+,26-,32-/m1/s1. The lowest BCUT2D eigenvalue weighted by atomic mass is 9.82. The summed E-state index contributed by atoms with van der Waals surface area (Å²) in [5.74, 6) is -2.98. The van der Waals surface area contributed by atoms with Crippen LogP contribution in [0.25, 0.3) is 0 Å². The minimum absolute atomic E-state index is 0.0704. The van der Waals surface area contributed by atoms with Crippen molar-refractivity contribution in [3.05, 3.63) is 35.9 Å². The van der Waals surface area contributed by atoms with E-state index < -0.39 is 35.4 Å². The van der Waals surface area contributed by atoms with E-state index in [1.54, 1.807) is 52.0 Å². The number of carbonyl (C=O) groups is 5. The van der Waals surface area contributed by atoms with E-state index in [2.05, 4.69) is 26.3 Å². The first kappa shape index (κ1) is 36.2. The number of ketones is 1. The maximum Gasteiger partial charge on any atom is 0.247 e. The molecule has 1 aromatic rings. The van der Waals surface area contributed by atoms with Crippen molar-refractivity contribution in [1.82, 2.24) is 21.3 Å². The fraction of sp³-hybridized carbons (Fsp3) is 0.625. The number of nitrogens with two attached hydrogens (primary N) is 2. The quantitative estimate of drug-likeness (QED) is 0.146. The number of rotatable bonds is 8. The van der Waals surface area contributed by atoms with Gasteiger partial charge in [-0.2, -0.15) is 0 Å². The Morgan fingerprint density at radius 3 is 2.32 bits per heavy atom. The van der Waals surface area contributed by atoms with Crippen LogP contribution in [0.5, 0.6) is 0 Å². The molecule has 4 amide bonds. The van der Waals surface area contributed by atoms with E-state index in [1.807, 2.05) is 6.07 Å². The van der Waals surface area contributed by atoms with Crippen LogP contribution in [-0.2, 0) is 24.0 Å². The summed E-state index contributed by atoms with van der Waals surface area (Å²) in [5, 5.41) is 11.5. The van der Waals surface area contributed by atoms with E-state index >= 15 is 0 Å². The summed E-state index contributed by atoms with van der Waals surface area (Å²) in [6, 6.07) is 7.07. The number of hydrogen-bond donors (Lipinski definition) is 6. The maximum atomic E-state index is 13.8. The van der Waals surface area contributed by atoms with Gasteiger partial charge in [0.15, 0.2) is 11.7 Å². The predicted octanol–water partition coefficient (Wildman–Crippen LogP) is 1.98. The van der Waals surface area contributed by atoms with Crippen molar-refractivity contribution < 1.29 is 24.0 Å². The summed E-state index contributed by atoms with van der Waals surface area (Å²) in [7, 11) is 0. The lowest BCUT2D eigenvalue weighted by molar-refractivity contribution is -0.137. The van der Waals surface area contributed by atoms with Gasteiger partial charge in [0.05, 0.1) is 5.54 Å². The molecular formula is C32H51N7O5. The van der Waals surface area contributed by atoms with Crippen LogP contribution in [0.1, 0.15) is 97.1 Å². The predicted molar refractivity (Wildman–Crippen MR) is 170 cm³/mol. The second-order valence-electron chi connectivity index (χ2n) is 12.0. The Kier molecular flexibility index (Phi) is 14.8. The number of nitrogens with one attached hydrogen (secondary N) is 4. The third kappa shape index (κ3) is 11.6. The third-order valence-electron chi connectivity index (χ3n) is 7.97. The zero-order chi connectivity index (χ0) is 32.7. The average molecular weight is 614 g/mol. The summed E-state index contributed by atoms with van der Waals surface area (Å²) < 4.78 is 0. The summed E-state index contributed by atoms with van der Waals surface area (Å²) in [6.07, 6.45) is 4.25. The van der Waals surface area contributed by atoms with Crippen molar-refractivity contribution >= 4 is 35.4 Å². The van der Waals surface area contributed by atoms with Gasteiger partial charge in [-0.05, 0) is 44.6 Å². The monoisotopic (exact) mass is 613 g/mol. The smallest absolute Gasteiger partial charge is 0.247 e. The van der Waals surface area contributed by atoms with Gasteiger partial charge in [-0.15, -0.1) is 0 Å². The van der Waals surface area contributed by atoms with Gasteiger partial charge in [0.1, 0.15) is 12.1 Å². The molecule has 12 nitrogen and oxygen atoms in total. The molecule has 1 aliphatic rings. The summed E-state index contributed by atoms with van der Waals surface area (Å²) in [5.41, 5.74) is 10.4. The Morgan fingerprint density at radius 1 is 1.00 bits per heavy atom. The van der Waals surface area contributed by atoms with Crippen molar-refractivity contribution in [2.45, 2.75) is 103 Å². The van der Waals surface area contributed by atoms with Crippen LogP contribution in [0.2, 0.25) is 0 Å². The second kappa shape index (κ2) is 18.0. The molecule has 1 aromatic carbocycles. The number of Topliss-reactive ketones (excluding diaryl/α,β-unsaturated/α-hetero) is 1. The van der Waals surface area contributed by atoms with Crippen molar-refractivity contribution in [2.75, 3.05) is 13.1 Å². The van der Waals surface area contributed by atoms with Crippen molar-refractivity contribution in [2.24, 2.45) is 28.3 Å². The molecule has 1 heterocycles. The van der Waals surface area contributed by atoms with Gasteiger partial charge >= 0.3 is 0 Å². The Hall–Kier alpha value is -3.96. The highest BCUT2D eigenvalue weighted by Crippen LogP contribution is 2.24. The number of amides is 4. The first-order valence-corrected chi connectivity index (χ1v) is 15.7. The lowest BCUT2D eigenvalue weighted by Gasteiger charge is -2.32. The van der Waals surface area contributed by atoms with Gasteiger partial charge < -0.3 is 32.7 Å². The molecule has 0 saturated carbocycles. The molecule has 0 spiro atoms. The van der Waals surface area contributed by atoms with E-state index in [-0.39, 0.29) is 55.3 Å². The molecule has 0 bridgehead atoms. The van der Waals surface area contributed by atoms with Crippen LogP contribution < -0.4 is 32.7 Å². The highest BCUT2D eigenvalue weighted by atomic mass is 16.2. The highest BCUT2D eigenvalue weighted by molar-refractivity contribution is 5.97. The van der Waals surface area contributed by atoms with Crippen LogP contribution in [0.4, 0.5) is 0 Å². The minimum Gasteiger partial charge on any atom is -0.370 e. The zero-order valence-corrected chi connectivity index (χ0v) is 26.6. The zero-order valence-electron chi connectivity index (χ0n) is 26.6. The van der Waals surface area contributed by atoms with Gasteiger partial charge in [-0.25, -0.2) is 0 Å². The number of aliphatic imine (C=N–C) groups is 1. The van der Waals surface area contributed by atoms with E-state index in [9.17, 15) is 24.0 Å². The fourth-order valence-electron chi connectivity index (χ4n) is 5.11. The summed E-state index contributed by atoms with van der Waals surface area (Å²) >= 11 is 0. The third-order valence-corrected chi connectivity index (χ3v) is 7.97. The molecule has 0 aliphatic carbocycles. The van der Waals surface area contributed by atoms with E-state index in [4.69, 9.17) is 11.5 Å². The highest BCUT2D eigenvalue weighted by Gasteiger charge is 2.38. The molecular weight excluding hydrogens is 562 g/mol. The largest absolute Gasteiger partial charge is 0.370 e. The fourth-order valence-corrected chi connectivity index (χ4v) is 5.11. The molecule has 2 rings (SSSR count). The number of guanidine groups is 1. The molecule has 8 N–H and O–H groups in total. The van der Waals surface area contributed by atoms with Crippen LogP contribution >= 0.6 is 0 Å². The van der Waals surface area contributed by atoms with Gasteiger partial charge in [0.25, 0.3) is 0 Å². The summed E-state index contributed by atoms with van der Waals surface area (Å²) in [4.78, 5) is 70.9. The van der Waals surface area contributed by atoms with E-state index in [0.717, 1.165) is 19.3 Å². The van der Waals surface area contributed by atoms with Crippen molar-refractivity contribution in [1.29, 1.82) is 0 Å². The molecule has 4 atom stereocenters. The molecule has 44 heavy (non-hydrogen) atoms. The van der Waals surface area contributed by atoms with Gasteiger partial charge in [-0.1, -0.05) is 70.4 Å². The normalized spacial score (nSPS) is 24.7. The lowest BCUT2D eigenvalue weighted by Crippen LogP contribution is -2.55. The molecule has 0 aromatic heterocycles. The number of nitrogens with zero attached hydrogens (tertiary/aromatic N) is 1. The van der Waals surface area contributed by atoms with Crippen LogP contribution in [0.15, 0.2) is 35.3 Å². The molecule has 244 valence electrons. The number of carbonyl (C=O) groups excluding carboxylic acids is 5. The van der Waals surface area contributed by atoms with Gasteiger partial charge in [0, 0.05) is 31.3 Å². The molecule has 1 fully saturated rings. The SMILES string of the molecule is CC[C@@H]1NC(=O)[C@H](CCCN=C(N)N)CC(=O)[C@](C)(NC(=O)C(C)C)CCCCCCNC(=O)[C@@H](c2ccccc2)NC1=O. The average Bonchev–Trinajstić information content (AvgIpc) is 2.98. The first-order valence-electron chi connectivity index (χ1n) is 15.7. The summed E-state index contributed by atoms with van der Waals surface area (Å²) in [6.45, 7) is 7.69. The molecule has 0 unspecified atom stereocenters. The second-order valence-corrected chi connectivity index (χ2v) is 12.0. The van der Waals surface area contributed by atoms with Crippen LogP contribution in [-0.4, -0.2) is 60.0 Å². The topological polar surface area (TPSA) is 198 Å². The van der Waals surface area contributed by atoms with Crippen LogP contribution in [0, 0.1) is 11.8 Å². The van der Waals surface area contributed by atoms with E-state index in [1.165, 1.54) is 0 Å².